The average molecular weight is 363 g/mol. The van der Waals surface area contributed by atoms with E-state index >= 15 is 0 Å². The largest absolute Gasteiger partial charge is 0.445 e. The molecule has 2 rings (SSSR count). The summed E-state index contributed by atoms with van der Waals surface area (Å²) in [5.41, 5.74) is 1.01. The number of carbonyl (C=O) groups excluding carboxylic acids is 1. The zero-order chi connectivity index (χ0) is 12.3. The molecule has 1 aliphatic rings. The molecule has 0 bridgehead atoms. The molecule has 0 saturated carbocycles. The van der Waals surface area contributed by atoms with Crippen LogP contribution in [-0.4, -0.2) is 33.7 Å². The second kappa shape index (κ2) is 5.87. The highest BCUT2D eigenvalue weighted by atomic mass is 79.9. The van der Waals surface area contributed by atoms with Gasteiger partial charge in [-0.1, -0.05) is 62.2 Å². The molecule has 1 heterocycles. The summed E-state index contributed by atoms with van der Waals surface area (Å²) in [4.78, 5) is 14.1. The van der Waals surface area contributed by atoms with Crippen LogP contribution in [0.4, 0.5) is 4.79 Å². The van der Waals surface area contributed by atoms with Crippen molar-refractivity contribution >= 4 is 38.0 Å². The number of alkyl halides is 2. The highest BCUT2D eigenvalue weighted by Gasteiger charge is 2.32. The van der Waals surface area contributed by atoms with E-state index in [1.807, 2.05) is 30.3 Å². The minimum atomic E-state index is -0.250. The molecule has 1 fully saturated rings. The van der Waals surface area contributed by atoms with Crippen molar-refractivity contribution in [2.75, 3.05) is 13.1 Å². The summed E-state index contributed by atoms with van der Waals surface area (Å²) in [6.07, 6.45) is -0.250. The summed E-state index contributed by atoms with van der Waals surface area (Å²) >= 11 is 7.02. The Morgan fingerprint density at radius 1 is 1.24 bits per heavy atom. The van der Waals surface area contributed by atoms with Crippen LogP contribution in [0.25, 0.3) is 0 Å². The van der Waals surface area contributed by atoms with Crippen LogP contribution in [-0.2, 0) is 11.3 Å². The predicted octanol–water partition coefficient (Wildman–Crippen LogP) is 3.17. The SMILES string of the molecule is O=C(OCc1ccccc1)N1C[C@@H](Br)[C@H](Br)C1. The molecular weight excluding hydrogens is 350 g/mol. The van der Waals surface area contributed by atoms with Crippen LogP contribution < -0.4 is 0 Å². The lowest BCUT2D eigenvalue weighted by Gasteiger charge is -2.15. The number of rotatable bonds is 2. The summed E-state index contributed by atoms with van der Waals surface area (Å²) in [6, 6.07) is 9.69. The summed E-state index contributed by atoms with van der Waals surface area (Å²) in [5, 5.41) is 0. The second-order valence-corrected chi connectivity index (χ2v) is 6.33. The van der Waals surface area contributed by atoms with Crippen molar-refractivity contribution < 1.29 is 9.53 Å². The van der Waals surface area contributed by atoms with Gasteiger partial charge in [-0.3, -0.25) is 0 Å². The maximum absolute atomic E-state index is 11.8. The molecule has 0 aliphatic carbocycles. The number of hydrogen-bond donors (Lipinski definition) is 0. The Labute approximate surface area is 117 Å². The number of hydrogen-bond acceptors (Lipinski definition) is 2. The van der Waals surface area contributed by atoms with Crippen LogP contribution in [0.2, 0.25) is 0 Å². The van der Waals surface area contributed by atoms with E-state index in [-0.39, 0.29) is 6.09 Å². The standard InChI is InChI=1S/C12H13Br2NO2/c13-10-6-15(7-11(10)14)12(16)17-8-9-4-2-1-3-5-9/h1-5,10-11H,6-8H2/t10-,11-/m1/s1. The Hall–Kier alpha value is -0.550. The van der Waals surface area contributed by atoms with E-state index in [2.05, 4.69) is 31.9 Å². The average Bonchev–Trinajstić information content (AvgIpc) is 2.68. The first-order valence-corrected chi connectivity index (χ1v) is 7.23. The van der Waals surface area contributed by atoms with Crippen LogP contribution in [0.15, 0.2) is 30.3 Å². The third-order valence-electron chi connectivity index (χ3n) is 2.65. The Bertz CT molecular complexity index is 375. The fourth-order valence-corrected chi connectivity index (χ4v) is 2.72. The molecule has 17 heavy (non-hydrogen) atoms. The van der Waals surface area contributed by atoms with Gasteiger partial charge < -0.3 is 9.64 Å². The van der Waals surface area contributed by atoms with Gasteiger partial charge in [-0.2, -0.15) is 0 Å². The lowest BCUT2D eigenvalue weighted by atomic mass is 10.2. The van der Waals surface area contributed by atoms with Gasteiger partial charge in [0.1, 0.15) is 6.61 Å². The van der Waals surface area contributed by atoms with Crippen molar-refractivity contribution in [2.24, 2.45) is 0 Å². The third-order valence-corrected chi connectivity index (χ3v) is 5.21. The van der Waals surface area contributed by atoms with E-state index in [0.717, 1.165) is 5.56 Å². The van der Waals surface area contributed by atoms with E-state index in [1.165, 1.54) is 0 Å². The van der Waals surface area contributed by atoms with Crippen molar-refractivity contribution in [1.29, 1.82) is 0 Å². The predicted molar refractivity (Wildman–Crippen MR) is 73.6 cm³/mol. The van der Waals surface area contributed by atoms with Crippen LogP contribution in [0.1, 0.15) is 5.56 Å². The maximum Gasteiger partial charge on any atom is 0.410 e. The van der Waals surface area contributed by atoms with Gasteiger partial charge in [0.05, 0.1) is 0 Å². The molecule has 1 amide bonds. The van der Waals surface area contributed by atoms with Gasteiger partial charge in [0.2, 0.25) is 0 Å². The fourth-order valence-electron chi connectivity index (χ4n) is 1.68. The van der Waals surface area contributed by atoms with Gasteiger partial charge >= 0.3 is 6.09 Å². The molecular formula is C12H13Br2NO2. The molecule has 1 saturated heterocycles. The fraction of sp³-hybridized carbons (Fsp3) is 0.417. The molecule has 1 aliphatic heterocycles. The molecule has 1 aromatic carbocycles. The first-order chi connectivity index (χ1) is 8.16. The number of likely N-dealkylation sites (tertiary alicyclic amines) is 1. The molecule has 0 radical (unpaired) electrons. The molecule has 5 heteroatoms. The molecule has 0 unspecified atom stereocenters. The monoisotopic (exact) mass is 361 g/mol. The second-order valence-electron chi connectivity index (χ2n) is 3.98. The molecule has 0 aromatic heterocycles. The minimum absolute atomic E-state index is 0.250. The normalized spacial score (nSPS) is 23.8. The van der Waals surface area contributed by atoms with E-state index < -0.39 is 0 Å². The highest BCUT2D eigenvalue weighted by molar-refractivity contribution is 9.12. The van der Waals surface area contributed by atoms with Crippen LogP contribution in [0.5, 0.6) is 0 Å². The van der Waals surface area contributed by atoms with Crippen molar-refractivity contribution in [1.82, 2.24) is 4.90 Å². The number of benzene rings is 1. The Morgan fingerprint density at radius 3 is 2.41 bits per heavy atom. The van der Waals surface area contributed by atoms with Crippen LogP contribution >= 0.6 is 31.9 Å². The van der Waals surface area contributed by atoms with E-state index in [4.69, 9.17) is 4.74 Å². The Morgan fingerprint density at radius 2 is 1.82 bits per heavy atom. The Balaban J connectivity index is 1.82. The first kappa shape index (κ1) is 12.9. The summed E-state index contributed by atoms with van der Waals surface area (Å²) in [6.45, 7) is 1.70. The highest BCUT2D eigenvalue weighted by Crippen LogP contribution is 2.24. The van der Waals surface area contributed by atoms with Crippen LogP contribution in [0.3, 0.4) is 0 Å². The molecule has 92 valence electrons. The summed E-state index contributed by atoms with van der Waals surface area (Å²) in [5.74, 6) is 0. The van der Waals surface area contributed by atoms with Gasteiger partial charge in [0, 0.05) is 22.7 Å². The Kier molecular flexibility index (Phi) is 4.45. The van der Waals surface area contributed by atoms with E-state index in [0.29, 0.717) is 29.4 Å². The van der Waals surface area contributed by atoms with E-state index in [1.54, 1.807) is 4.90 Å². The van der Waals surface area contributed by atoms with Crippen molar-refractivity contribution in [2.45, 2.75) is 16.3 Å². The van der Waals surface area contributed by atoms with Crippen molar-refractivity contribution in [3.63, 3.8) is 0 Å². The zero-order valence-electron chi connectivity index (χ0n) is 9.18. The van der Waals surface area contributed by atoms with Gasteiger partial charge in [0.25, 0.3) is 0 Å². The lowest BCUT2D eigenvalue weighted by molar-refractivity contribution is 0.104. The quantitative estimate of drug-likeness (QED) is 0.756. The van der Waals surface area contributed by atoms with Crippen molar-refractivity contribution in [3.05, 3.63) is 35.9 Å². The number of amides is 1. The molecule has 2 atom stereocenters. The molecule has 0 spiro atoms. The number of carbonyl (C=O) groups is 1. The minimum Gasteiger partial charge on any atom is -0.445 e. The molecule has 3 nitrogen and oxygen atoms in total. The molecule has 1 aromatic rings. The van der Waals surface area contributed by atoms with Gasteiger partial charge in [-0.15, -0.1) is 0 Å². The van der Waals surface area contributed by atoms with Gasteiger partial charge in [-0.25, -0.2) is 4.79 Å². The number of ether oxygens (including phenoxy) is 1. The van der Waals surface area contributed by atoms with Gasteiger partial charge in [-0.05, 0) is 5.56 Å². The zero-order valence-corrected chi connectivity index (χ0v) is 12.4. The maximum atomic E-state index is 11.8. The molecule has 0 N–H and O–H groups in total. The third kappa shape index (κ3) is 3.45. The topological polar surface area (TPSA) is 29.5 Å². The lowest BCUT2D eigenvalue weighted by Crippen LogP contribution is -2.29. The van der Waals surface area contributed by atoms with E-state index in [9.17, 15) is 4.79 Å². The number of nitrogens with zero attached hydrogens (tertiary/aromatic N) is 1. The van der Waals surface area contributed by atoms with Gasteiger partial charge in [0.15, 0.2) is 0 Å². The summed E-state index contributed by atoms with van der Waals surface area (Å²) < 4.78 is 5.25. The summed E-state index contributed by atoms with van der Waals surface area (Å²) in [7, 11) is 0. The van der Waals surface area contributed by atoms with Crippen LogP contribution in [0, 0.1) is 0 Å². The number of halogens is 2. The van der Waals surface area contributed by atoms with Crippen molar-refractivity contribution in [3.8, 4) is 0 Å². The smallest absolute Gasteiger partial charge is 0.410 e. The first-order valence-electron chi connectivity index (χ1n) is 5.40.